The zero-order valence-corrected chi connectivity index (χ0v) is 21.2. The van der Waals surface area contributed by atoms with Crippen LogP contribution in [0.15, 0.2) is 70.2 Å². The standard InChI is InChI=1S/C26H24ClN3O4S/c1-14-21(24(31)33-3)23(22(15(2)28-14)25(32)34-4)17-8-6-10-19(12-17)29-26-30-20(13-35-26)16-7-5-9-18(27)11-16/h5-13,21,23H,1-4H3,(H,29,30). The van der Waals surface area contributed by atoms with Gasteiger partial charge in [0.25, 0.3) is 0 Å². The smallest absolute Gasteiger partial charge is 0.336 e. The first kappa shape index (κ1) is 24.6. The van der Waals surface area contributed by atoms with Gasteiger partial charge in [-0.3, -0.25) is 9.79 Å². The molecule has 0 aliphatic carbocycles. The van der Waals surface area contributed by atoms with E-state index in [1.54, 1.807) is 13.8 Å². The Morgan fingerprint density at radius 2 is 1.83 bits per heavy atom. The van der Waals surface area contributed by atoms with Crippen molar-refractivity contribution in [3.05, 3.63) is 75.8 Å². The molecule has 0 saturated carbocycles. The van der Waals surface area contributed by atoms with Gasteiger partial charge in [-0.15, -0.1) is 11.3 Å². The van der Waals surface area contributed by atoms with Crippen molar-refractivity contribution in [1.29, 1.82) is 0 Å². The van der Waals surface area contributed by atoms with Crippen molar-refractivity contribution >= 4 is 51.4 Å². The van der Waals surface area contributed by atoms with Crippen LogP contribution in [0.2, 0.25) is 5.02 Å². The third-order valence-corrected chi connectivity index (χ3v) is 6.80. The molecule has 3 aromatic rings. The largest absolute Gasteiger partial charge is 0.468 e. The van der Waals surface area contributed by atoms with Gasteiger partial charge < -0.3 is 14.8 Å². The molecule has 4 rings (SSSR count). The lowest BCUT2D eigenvalue weighted by Crippen LogP contribution is -2.36. The van der Waals surface area contributed by atoms with Crippen LogP contribution in [0.3, 0.4) is 0 Å². The van der Waals surface area contributed by atoms with Crippen molar-refractivity contribution in [2.45, 2.75) is 19.8 Å². The van der Waals surface area contributed by atoms with Crippen LogP contribution in [0.4, 0.5) is 10.8 Å². The van der Waals surface area contributed by atoms with Gasteiger partial charge in [-0.1, -0.05) is 35.9 Å². The second-order valence-electron chi connectivity index (χ2n) is 8.02. The quantitative estimate of drug-likeness (QED) is 0.410. The summed E-state index contributed by atoms with van der Waals surface area (Å²) >= 11 is 7.58. The molecule has 0 bridgehead atoms. The Hall–Kier alpha value is -3.49. The summed E-state index contributed by atoms with van der Waals surface area (Å²) in [4.78, 5) is 34.6. The number of methoxy groups -OCH3 is 2. The highest BCUT2D eigenvalue weighted by Crippen LogP contribution is 2.41. The Bertz CT molecular complexity index is 1350. The summed E-state index contributed by atoms with van der Waals surface area (Å²) in [5.74, 6) is -2.34. The molecule has 2 atom stereocenters. The number of aliphatic imine (C=N–C) groups is 1. The van der Waals surface area contributed by atoms with Gasteiger partial charge in [-0.25, -0.2) is 9.78 Å². The number of nitrogens with one attached hydrogen (secondary N) is 1. The number of hydrogen-bond acceptors (Lipinski definition) is 8. The highest BCUT2D eigenvalue weighted by molar-refractivity contribution is 7.14. The van der Waals surface area contributed by atoms with Gasteiger partial charge >= 0.3 is 11.9 Å². The molecule has 9 heteroatoms. The lowest BCUT2D eigenvalue weighted by Gasteiger charge is -2.31. The number of aromatic nitrogens is 1. The van der Waals surface area contributed by atoms with E-state index in [9.17, 15) is 9.59 Å². The lowest BCUT2D eigenvalue weighted by molar-refractivity contribution is -0.143. The first-order valence-corrected chi connectivity index (χ1v) is 12.1. The molecule has 2 unspecified atom stereocenters. The summed E-state index contributed by atoms with van der Waals surface area (Å²) in [6.07, 6.45) is 0. The Morgan fingerprint density at radius 1 is 1.06 bits per heavy atom. The minimum absolute atomic E-state index is 0.336. The minimum atomic E-state index is -0.748. The molecule has 35 heavy (non-hydrogen) atoms. The predicted molar refractivity (Wildman–Crippen MR) is 138 cm³/mol. The molecule has 180 valence electrons. The Morgan fingerprint density at radius 3 is 2.54 bits per heavy atom. The Kier molecular flexibility index (Phi) is 7.33. The van der Waals surface area contributed by atoms with Gasteiger partial charge in [0.2, 0.25) is 0 Å². The average Bonchev–Trinajstić information content (AvgIpc) is 3.31. The number of halogens is 1. The first-order valence-electron chi connectivity index (χ1n) is 10.8. The van der Waals surface area contributed by atoms with Gasteiger partial charge in [0.05, 0.1) is 25.5 Å². The molecule has 1 N–H and O–H groups in total. The van der Waals surface area contributed by atoms with E-state index in [1.807, 2.05) is 53.9 Å². The maximum absolute atomic E-state index is 12.8. The first-order chi connectivity index (χ1) is 16.8. The second-order valence-corrected chi connectivity index (χ2v) is 9.32. The molecule has 2 aromatic carbocycles. The van der Waals surface area contributed by atoms with E-state index in [1.165, 1.54) is 25.6 Å². The topological polar surface area (TPSA) is 89.9 Å². The van der Waals surface area contributed by atoms with Crippen molar-refractivity contribution < 1.29 is 19.1 Å². The van der Waals surface area contributed by atoms with Crippen molar-refractivity contribution in [3.63, 3.8) is 0 Å². The third-order valence-electron chi connectivity index (χ3n) is 5.81. The summed E-state index contributed by atoms with van der Waals surface area (Å²) in [7, 11) is 2.64. The number of carbonyl (C=O) groups is 2. The second kappa shape index (κ2) is 10.4. The number of thiazole rings is 1. The monoisotopic (exact) mass is 509 g/mol. The third kappa shape index (κ3) is 5.13. The number of esters is 2. The maximum Gasteiger partial charge on any atom is 0.336 e. The number of anilines is 2. The lowest BCUT2D eigenvalue weighted by atomic mass is 9.75. The SMILES string of the molecule is COC(=O)C1=C(C)N=C(C)C(C(=O)OC)C1c1cccc(Nc2nc(-c3cccc(Cl)c3)cs2)c1. The van der Waals surface area contributed by atoms with Gasteiger partial charge in [0.15, 0.2) is 5.13 Å². The molecule has 2 heterocycles. The van der Waals surface area contributed by atoms with Gasteiger partial charge in [-0.05, 0) is 43.7 Å². The van der Waals surface area contributed by atoms with Crippen LogP contribution in [0.1, 0.15) is 25.3 Å². The molecule has 1 aliphatic heterocycles. The van der Waals surface area contributed by atoms with Crippen LogP contribution >= 0.6 is 22.9 Å². The summed E-state index contributed by atoms with van der Waals surface area (Å²) < 4.78 is 10.1. The highest BCUT2D eigenvalue weighted by atomic mass is 35.5. The zero-order chi connectivity index (χ0) is 25.1. The fourth-order valence-corrected chi connectivity index (χ4v) is 5.18. The van der Waals surface area contributed by atoms with E-state index in [0.717, 1.165) is 22.5 Å². The van der Waals surface area contributed by atoms with Crippen molar-refractivity contribution in [1.82, 2.24) is 4.98 Å². The molecule has 0 radical (unpaired) electrons. The van der Waals surface area contributed by atoms with E-state index in [0.29, 0.717) is 27.1 Å². The fourth-order valence-electron chi connectivity index (χ4n) is 4.25. The molecular weight excluding hydrogens is 486 g/mol. The number of hydrogen-bond donors (Lipinski definition) is 1. The Balaban J connectivity index is 1.69. The van der Waals surface area contributed by atoms with E-state index < -0.39 is 23.8 Å². The van der Waals surface area contributed by atoms with Crippen LogP contribution in [0, 0.1) is 5.92 Å². The highest BCUT2D eigenvalue weighted by Gasteiger charge is 2.42. The number of allylic oxidation sites excluding steroid dienone is 1. The van der Waals surface area contributed by atoms with Gasteiger partial charge in [0, 0.05) is 39.0 Å². The average molecular weight is 510 g/mol. The van der Waals surface area contributed by atoms with E-state index in [-0.39, 0.29) is 0 Å². The van der Waals surface area contributed by atoms with E-state index in [2.05, 4.69) is 15.3 Å². The minimum Gasteiger partial charge on any atom is -0.468 e. The Labute approximate surface area is 212 Å². The number of nitrogens with zero attached hydrogens (tertiary/aromatic N) is 2. The molecule has 1 aromatic heterocycles. The van der Waals surface area contributed by atoms with E-state index in [4.69, 9.17) is 21.1 Å². The zero-order valence-electron chi connectivity index (χ0n) is 19.7. The van der Waals surface area contributed by atoms with E-state index >= 15 is 0 Å². The van der Waals surface area contributed by atoms with Gasteiger partial charge in [0.1, 0.15) is 5.92 Å². The molecule has 0 amide bonds. The van der Waals surface area contributed by atoms with Crippen LogP contribution in [0.5, 0.6) is 0 Å². The fraction of sp³-hybridized carbons (Fsp3) is 0.231. The van der Waals surface area contributed by atoms with Crippen molar-refractivity contribution in [2.75, 3.05) is 19.5 Å². The number of ether oxygens (including phenoxy) is 2. The molecule has 0 spiro atoms. The van der Waals surface area contributed by atoms with Crippen molar-refractivity contribution in [2.24, 2.45) is 10.9 Å². The summed E-state index contributed by atoms with van der Waals surface area (Å²) in [6, 6.07) is 15.1. The molecule has 0 fully saturated rings. The molecule has 0 saturated heterocycles. The molecular formula is C26H24ClN3O4S. The summed E-state index contributed by atoms with van der Waals surface area (Å²) in [5, 5.41) is 6.62. The van der Waals surface area contributed by atoms with Crippen LogP contribution in [-0.4, -0.2) is 36.9 Å². The summed E-state index contributed by atoms with van der Waals surface area (Å²) in [6.45, 7) is 3.51. The normalized spacial score (nSPS) is 17.6. The molecule has 1 aliphatic rings. The summed E-state index contributed by atoms with van der Waals surface area (Å²) in [5.41, 5.74) is 4.69. The number of carbonyl (C=O) groups excluding carboxylic acids is 2. The van der Waals surface area contributed by atoms with Crippen LogP contribution < -0.4 is 5.32 Å². The van der Waals surface area contributed by atoms with Crippen LogP contribution in [0.25, 0.3) is 11.3 Å². The predicted octanol–water partition coefficient (Wildman–Crippen LogP) is 6.00. The van der Waals surface area contributed by atoms with Gasteiger partial charge in [-0.2, -0.15) is 0 Å². The maximum atomic E-state index is 12.8. The number of benzene rings is 2. The van der Waals surface area contributed by atoms with Crippen LogP contribution in [-0.2, 0) is 19.1 Å². The number of rotatable bonds is 6. The van der Waals surface area contributed by atoms with Crippen molar-refractivity contribution in [3.8, 4) is 11.3 Å². The molecule has 7 nitrogen and oxygen atoms in total.